The number of nitrogens with two attached hydrogens (primary N) is 1. The molecule has 8 heteroatoms. The maximum Gasteiger partial charge on any atom is 0.242 e. The number of rotatable bonds is 5. The van der Waals surface area contributed by atoms with E-state index in [2.05, 4.69) is 9.82 Å². The molecule has 0 aliphatic rings. The number of aryl methyl sites for hydroxylation is 1. The van der Waals surface area contributed by atoms with Crippen LogP contribution in [-0.2, 0) is 16.6 Å². The third-order valence-electron chi connectivity index (χ3n) is 2.66. The summed E-state index contributed by atoms with van der Waals surface area (Å²) in [5.74, 6) is 0. The first kappa shape index (κ1) is 14.8. The van der Waals surface area contributed by atoms with Gasteiger partial charge in [0.25, 0.3) is 0 Å². The fourth-order valence-corrected chi connectivity index (χ4v) is 3.04. The number of aromatic nitrogens is 2. The summed E-state index contributed by atoms with van der Waals surface area (Å²) in [6.07, 6.45) is 3.55. The first-order chi connectivity index (χ1) is 9.38. The van der Waals surface area contributed by atoms with Crippen LogP contribution >= 0.6 is 11.6 Å². The lowest BCUT2D eigenvalue weighted by Crippen LogP contribution is -2.28. The summed E-state index contributed by atoms with van der Waals surface area (Å²) >= 11 is 5.75. The van der Waals surface area contributed by atoms with E-state index in [0.717, 1.165) is 5.56 Å². The summed E-state index contributed by atoms with van der Waals surface area (Å²) in [6.45, 7) is 2.59. The molecule has 1 heterocycles. The van der Waals surface area contributed by atoms with Crippen LogP contribution in [0.3, 0.4) is 0 Å². The van der Waals surface area contributed by atoms with Gasteiger partial charge < -0.3 is 5.73 Å². The molecule has 0 unspecified atom stereocenters. The third-order valence-corrected chi connectivity index (χ3v) is 4.43. The van der Waals surface area contributed by atoms with E-state index in [4.69, 9.17) is 17.3 Å². The molecule has 0 saturated carbocycles. The van der Waals surface area contributed by atoms with Gasteiger partial charge in [0.1, 0.15) is 4.90 Å². The Labute approximate surface area is 122 Å². The minimum Gasteiger partial charge on any atom is -0.398 e. The van der Waals surface area contributed by atoms with Gasteiger partial charge in [0.05, 0.1) is 18.4 Å². The fourth-order valence-electron chi connectivity index (χ4n) is 1.73. The Hall–Kier alpha value is -1.57. The first-order valence-corrected chi connectivity index (χ1v) is 7.78. The van der Waals surface area contributed by atoms with Crippen molar-refractivity contribution in [3.05, 3.63) is 41.2 Å². The minimum atomic E-state index is -3.65. The number of hydrogen-bond acceptors (Lipinski definition) is 4. The highest BCUT2D eigenvalue weighted by molar-refractivity contribution is 7.89. The molecular formula is C12H15ClN4O2S. The number of halogens is 1. The van der Waals surface area contributed by atoms with Crippen LogP contribution < -0.4 is 10.5 Å². The highest BCUT2D eigenvalue weighted by Gasteiger charge is 2.16. The largest absolute Gasteiger partial charge is 0.398 e. The van der Waals surface area contributed by atoms with Gasteiger partial charge in [-0.15, -0.1) is 0 Å². The van der Waals surface area contributed by atoms with Crippen molar-refractivity contribution >= 4 is 27.3 Å². The third kappa shape index (κ3) is 3.50. The lowest BCUT2D eigenvalue weighted by atomic mass is 10.3. The average molecular weight is 315 g/mol. The molecule has 20 heavy (non-hydrogen) atoms. The van der Waals surface area contributed by atoms with Crippen LogP contribution in [0.15, 0.2) is 35.5 Å². The Morgan fingerprint density at radius 1 is 1.45 bits per heavy atom. The van der Waals surface area contributed by atoms with Crippen molar-refractivity contribution in [3.8, 4) is 0 Å². The van der Waals surface area contributed by atoms with Crippen LogP contribution in [0.1, 0.15) is 5.56 Å². The summed E-state index contributed by atoms with van der Waals surface area (Å²) in [5, 5.41) is 4.47. The fraction of sp³-hybridized carbons (Fsp3) is 0.250. The summed E-state index contributed by atoms with van der Waals surface area (Å²) < 4.78 is 28.3. The molecule has 1 aromatic heterocycles. The number of nitrogens with one attached hydrogen (secondary N) is 1. The number of hydrogen-bond donors (Lipinski definition) is 2. The van der Waals surface area contributed by atoms with Gasteiger partial charge in [-0.3, -0.25) is 4.68 Å². The molecule has 0 amide bonds. The van der Waals surface area contributed by atoms with E-state index >= 15 is 0 Å². The van der Waals surface area contributed by atoms with Gasteiger partial charge in [-0.25, -0.2) is 13.1 Å². The molecule has 0 aliphatic carbocycles. The van der Waals surface area contributed by atoms with Crippen molar-refractivity contribution in [2.24, 2.45) is 0 Å². The van der Waals surface area contributed by atoms with E-state index in [1.165, 1.54) is 18.2 Å². The molecule has 0 bridgehead atoms. The molecule has 0 radical (unpaired) electrons. The van der Waals surface area contributed by atoms with Gasteiger partial charge in [-0.1, -0.05) is 11.6 Å². The quantitative estimate of drug-likeness (QED) is 0.816. The lowest BCUT2D eigenvalue weighted by molar-refractivity contribution is 0.561. The van der Waals surface area contributed by atoms with Gasteiger partial charge >= 0.3 is 0 Å². The number of sulfonamides is 1. The minimum absolute atomic E-state index is 0.0264. The Kier molecular flexibility index (Phi) is 4.32. The molecule has 108 valence electrons. The normalized spacial score (nSPS) is 11.7. The summed E-state index contributed by atoms with van der Waals surface area (Å²) in [5.41, 5.74) is 6.82. The van der Waals surface area contributed by atoms with Crippen molar-refractivity contribution < 1.29 is 8.42 Å². The Balaban J connectivity index is 2.04. The van der Waals surface area contributed by atoms with Gasteiger partial charge in [0.15, 0.2) is 0 Å². The Bertz CT molecular complexity index is 712. The summed E-state index contributed by atoms with van der Waals surface area (Å²) in [7, 11) is -3.65. The van der Waals surface area contributed by atoms with Crippen molar-refractivity contribution in [3.63, 3.8) is 0 Å². The van der Waals surface area contributed by atoms with Crippen LogP contribution in [0.2, 0.25) is 5.02 Å². The van der Waals surface area contributed by atoms with Crippen LogP contribution in [0.4, 0.5) is 5.69 Å². The predicted octanol–water partition coefficient (Wildman–Crippen LogP) is 1.41. The van der Waals surface area contributed by atoms with Gasteiger partial charge in [-0.05, 0) is 30.7 Å². The zero-order chi connectivity index (χ0) is 14.8. The topological polar surface area (TPSA) is 90.0 Å². The number of anilines is 1. The van der Waals surface area contributed by atoms with Crippen molar-refractivity contribution in [2.75, 3.05) is 12.3 Å². The van der Waals surface area contributed by atoms with Crippen LogP contribution in [0.5, 0.6) is 0 Å². The smallest absolute Gasteiger partial charge is 0.242 e. The maximum absolute atomic E-state index is 12.1. The molecule has 0 saturated heterocycles. The molecule has 0 aliphatic heterocycles. The van der Waals surface area contributed by atoms with E-state index in [-0.39, 0.29) is 17.1 Å². The van der Waals surface area contributed by atoms with E-state index in [1.54, 1.807) is 10.9 Å². The van der Waals surface area contributed by atoms with Crippen LogP contribution in [-0.4, -0.2) is 24.7 Å². The average Bonchev–Trinajstić information content (AvgIpc) is 2.74. The predicted molar refractivity (Wildman–Crippen MR) is 78.0 cm³/mol. The van der Waals surface area contributed by atoms with Gasteiger partial charge in [-0.2, -0.15) is 5.10 Å². The zero-order valence-corrected chi connectivity index (χ0v) is 12.4. The Morgan fingerprint density at radius 3 is 2.80 bits per heavy atom. The molecule has 1 aromatic carbocycles. The van der Waals surface area contributed by atoms with E-state index < -0.39 is 10.0 Å². The first-order valence-electron chi connectivity index (χ1n) is 5.92. The molecule has 0 spiro atoms. The molecule has 2 aromatic rings. The number of nitrogen functional groups attached to an aromatic ring is 1. The van der Waals surface area contributed by atoms with Crippen molar-refractivity contribution in [1.82, 2.24) is 14.5 Å². The number of benzene rings is 1. The molecule has 0 atom stereocenters. The maximum atomic E-state index is 12.1. The molecular weight excluding hydrogens is 300 g/mol. The van der Waals surface area contributed by atoms with Gasteiger partial charge in [0, 0.05) is 17.8 Å². The Morgan fingerprint density at radius 2 is 2.20 bits per heavy atom. The highest BCUT2D eigenvalue weighted by Crippen LogP contribution is 2.21. The van der Waals surface area contributed by atoms with Gasteiger partial charge in [0.2, 0.25) is 10.0 Å². The van der Waals surface area contributed by atoms with Crippen LogP contribution in [0.25, 0.3) is 0 Å². The second-order valence-electron chi connectivity index (χ2n) is 4.36. The van der Waals surface area contributed by atoms with E-state index in [0.29, 0.717) is 11.6 Å². The lowest BCUT2D eigenvalue weighted by Gasteiger charge is -2.09. The standard InChI is InChI=1S/C12H15ClN4O2S/c1-9-7-15-17(8-9)5-4-16-20(18,19)12-3-2-10(13)6-11(12)14/h2-3,6-8,16H,4-5,14H2,1H3. The monoisotopic (exact) mass is 314 g/mol. The van der Waals surface area contributed by atoms with Crippen molar-refractivity contribution in [2.45, 2.75) is 18.4 Å². The van der Waals surface area contributed by atoms with Crippen molar-refractivity contribution in [1.29, 1.82) is 0 Å². The molecule has 6 nitrogen and oxygen atoms in total. The van der Waals surface area contributed by atoms with Crippen LogP contribution in [0, 0.1) is 6.92 Å². The molecule has 0 fully saturated rings. The zero-order valence-electron chi connectivity index (χ0n) is 10.9. The molecule has 2 rings (SSSR count). The van der Waals surface area contributed by atoms with E-state index in [1.807, 2.05) is 13.1 Å². The summed E-state index contributed by atoms with van der Waals surface area (Å²) in [6, 6.07) is 4.29. The second kappa shape index (κ2) is 5.82. The number of nitrogens with zero attached hydrogens (tertiary/aromatic N) is 2. The molecule has 3 N–H and O–H groups in total. The second-order valence-corrected chi connectivity index (χ2v) is 6.53. The van der Waals surface area contributed by atoms with E-state index in [9.17, 15) is 8.42 Å². The highest BCUT2D eigenvalue weighted by atomic mass is 35.5. The SMILES string of the molecule is Cc1cnn(CCNS(=O)(=O)c2ccc(Cl)cc2N)c1. The summed E-state index contributed by atoms with van der Waals surface area (Å²) in [4.78, 5) is 0.0264.